The second-order valence-corrected chi connectivity index (χ2v) is 15.3. The number of fused-ring (bicyclic) bond motifs is 2. The SMILES string of the molecule is CC[C@H](C)[C@H](NP(=O)(OC[C@H]1O[C@@H](n2cnc3c(OC)nc(N)nc32)[C@](C)(O)[C@@H]1O)Oc1cccc2ccccc12)C(=O)OCC(C)(C)C. The van der Waals surface area contributed by atoms with Gasteiger partial charge in [0.05, 0.1) is 26.7 Å². The van der Waals surface area contributed by atoms with Crippen LogP contribution in [-0.2, 0) is 23.4 Å². The highest BCUT2D eigenvalue weighted by molar-refractivity contribution is 7.52. The van der Waals surface area contributed by atoms with Crippen molar-refractivity contribution in [1.82, 2.24) is 24.6 Å². The summed E-state index contributed by atoms with van der Waals surface area (Å²) < 4.78 is 45.3. The Morgan fingerprint density at radius 1 is 1.20 bits per heavy atom. The number of aromatic nitrogens is 4. The van der Waals surface area contributed by atoms with Crippen LogP contribution < -0.4 is 20.1 Å². The molecule has 266 valence electrons. The standard InChI is InChI=1S/C33H45N6O9P/c1-8-19(2)24(29(41)45-17-32(3,4)5)38-49(43,48-22-15-11-13-20-12-9-10-14-21(20)22)46-16-23-26(40)33(6,42)30(47-23)39-18-35-25-27(39)36-31(34)37-28(25)44-7/h9-15,18-19,23-24,26,30,40,42H,8,16-17H2,1-7H3,(H,38,43)(H2,34,36,37)/t19-,23+,24-,26+,30+,33+,49?/m0/s1. The monoisotopic (exact) mass is 700 g/mol. The predicted molar refractivity (Wildman–Crippen MR) is 182 cm³/mol. The number of esters is 1. The number of imidazole rings is 1. The highest BCUT2D eigenvalue weighted by Gasteiger charge is 2.54. The van der Waals surface area contributed by atoms with Crippen molar-refractivity contribution < 1.29 is 42.8 Å². The number of carbonyl (C=O) groups excluding carboxylic acids is 1. The van der Waals surface area contributed by atoms with Gasteiger partial charge < -0.3 is 34.7 Å². The highest BCUT2D eigenvalue weighted by Crippen LogP contribution is 2.49. The molecule has 1 unspecified atom stereocenters. The molecular formula is C33H45N6O9P. The van der Waals surface area contributed by atoms with E-state index in [4.69, 9.17) is 29.0 Å². The minimum Gasteiger partial charge on any atom is -0.479 e. The molecule has 5 rings (SSSR count). The predicted octanol–water partition coefficient (Wildman–Crippen LogP) is 4.38. The van der Waals surface area contributed by atoms with Crippen LogP contribution in [0.25, 0.3) is 21.9 Å². The second kappa shape index (κ2) is 14.2. The average Bonchev–Trinajstić information content (AvgIpc) is 3.57. The first-order chi connectivity index (χ1) is 23.1. The molecule has 0 saturated carbocycles. The summed E-state index contributed by atoms with van der Waals surface area (Å²) in [7, 11) is -3.04. The summed E-state index contributed by atoms with van der Waals surface area (Å²) in [4.78, 5) is 26.0. The van der Waals surface area contributed by atoms with E-state index in [9.17, 15) is 19.6 Å². The third-order valence-electron chi connectivity index (χ3n) is 8.40. The number of nitrogens with zero attached hydrogens (tertiary/aromatic N) is 4. The van der Waals surface area contributed by atoms with Crippen molar-refractivity contribution >= 4 is 41.6 Å². The van der Waals surface area contributed by atoms with Gasteiger partial charge in [-0.05, 0) is 29.7 Å². The van der Waals surface area contributed by atoms with E-state index in [1.165, 1.54) is 24.9 Å². The van der Waals surface area contributed by atoms with Crippen LogP contribution in [-0.4, -0.2) is 79.9 Å². The van der Waals surface area contributed by atoms with Crippen molar-refractivity contribution in [1.29, 1.82) is 0 Å². The van der Waals surface area contributed by atoms with Gasteiger partial charge in [0.25, 0.3) is 0 Å². The fourth-order valence-electron chi connectivity index (χ4n) is 5.46. The number of nitrogen functional groups attached to an aromatic ring is 1. The summed E-state index contributed by atoms with van der Waals surface area (Å²) in [6.07, 6.45) is -2.09. The summed E-state index contributed by atoms with van der Waals surface area (Å²) in [6, 6.07) is 11.6. The molecule has 5 N–H and O–H groups in total. The first kappa shape index (κ1) is 36.4. The normalized spacial score (nSPS) is 23.7. The van der Waals surface area contributed by atoms with Crippen LogP contribution in [0.1, 0.15) is 54.2 Å². The van der Waals surface area contributed by atoms with Gasteiger partial charge in [-0.3, -0.25) is 13.9 Å². The fourth-order valence-corrected chi connectivity index (χ4v) is 7.10. The lowest BCUT2D eigenvalue weighted by molar-refractivity contribution is -0.150. The number of ether oxygens (including phenoxy) is 3. The molecule has 1 fully saturated rings. The smallest absolute Gasteiger partial charge is 0.459 e. The summed E-state index contributed by atoms with van der Waals surface area (Å²) in [6.45, 7) is 10.5. The Hall–Kier alpha value is -3.85. The van der Waals surface area contributed by atoms with E-state index in [-0.39, 0.29) is 46.7 Å². The fraction of sp³-hybridized carbons (Fsp3) is 0.515. The van der Waals surface area contributed by atoms with Crippen LogP contribution in [0, 0.1) is 11.3 Å². The van der Waals surface area contributed by atoms with Crippen LogP contribution in [0.15, 0.2) is 48.8 Å². The van der Waals surface area contributed by atoms with Gasteiger partial charge in [-0.2, -0.15) is 15.1 Å². The van der Waals surface area contributed by atoms with Gasteiger partial charge in [0.1, 0.15) is 29.6 Å². The molecule has 1 saturated heterocycles. The lowest BCUT2D eigenvalue weighted by Crippen LogP contribution is -2.45. The molecule has 15 nitrogen and oxygen atoms in total. The summed E-state index contributed by atoms with van der Waals surface area (Å²) in [5.74, 6) is -0.681. The van der Waals surface area contributed by atoms with Crippen molar-refractivity contribution in [2.75, 3.05) is 26.1 Å². The lowest BCUT2D eigenvalue weighted by Gasteiger charge is -2.29. The number of rotatable bonds is 13. The van der Waals surface area contributed by atoms with Crippen LogP contribution in [0.3, 0.4) is 0 Å². The molecule has 1 aliphatic heterocycles. The number of anilines is 1. The van der Waals surface area contributed by atoms with Crippen molar-refractivity contribution in [3.8, 4) is 11.6 Å². The maximum Gasteiger partial charge on any atom is 0.459 e. The van der Waals surface area contributed by atoms with Crippen molar-refractivity contribution in [2.45, 2.75) is 78.0 Å². The van der Waals surface area contributed by atoms with Crippen molar-refractivity contribution in [2.24, 2.45) is 11.3 Å². The zero-order valence-electron chi connectivity index (χ0n) is 28.7. The Balaban J connectivity index is 1.45. The van der Waals surface area contributed by atoms with Gasteiger partial charge in [-0.1, -0.05) is 77.4 Å². The first-order valence-corrected chi connectivity index (χ1v) is 17.6. The molecule has 16 heteroatoms. The third kappa shape index (κ3) is 7.82. The number of benzene rings is 2. The van der Waals surface area contributed by atoms with E-state index >= 15 is 0 Å². The zero-order valence-corrected chi connectivity index (χ0v) is 29.6. The Kier molecular flexibility index (Phi) is 10.5. The number of methoxy groups -OCH3 is 1. The number of aliphatic hydroxyl groups excluding tert-OH is 1. The molecule has 4 aromatic rings. The Bertz CT molecular complexity index is 1840. The number of hydrogen-bond donors (Lipinski definition) is 4. The van der Waals surface area contributed by atoms with E-state index in [0.717, 1.165) is 5.39 Å². The molecule has 3 heterocycles. The third-order valence-corrected chi connectivity index (χ3v) is 9.92. The summed E-state index contributed by atoms with van der Waals surface area (Å²) >= 11 is 0. The molecule has 0 amide bonds. The molecule has 0 spiro atoms. The topological polar surface area (TPSA) is 202 Å². The van der Waals surface area contributed by atoms with Crippen LogP contribution in [0.4, 0.5) is 5.95 Å². The quantitative estimate of drug-likeness (QED) is 0.113. The largest absolute Gasteiger partial charge is 0.479 e. The van der Waals surface area contributed by atoms with Crippen LogP contribution in [0.5, 0.6) is 11.6 Å². The molecule has 1 aliphatic rings. The second-order valence-electron chi connectivity index (χ2n) is 13.6. The van der Waals surface area contributed by atoms with Crippen LogP contribution >= 0.6 is 7.75 Å². The van der Waals surface area contributed by atoms with Crippen molar-refractivity contribution in [3.63, 3.8) is 0 Å². The highest BCUT2D eigenvalue weighted by atomic mass is 31.2. The summed E-state index contributed by atoms with van der Waals surface area (Å²) in [5, 5.41) is 27.1. The maximum absolute atomic E-state index is 14.8. The molecule has 0 aliphatic carbocycles. The number of carbonyl (C=O) groups is 1. The van der Waals surface area contributed by atoms with E-state index < -0.39 is 50.4 Å². The average molecular weight is 701 g/mol. The van der Waals surface area contributed by atoms with E-state index in [2.05, 4.69) is 20.0 Å². The Labute approximate surface area is 284 Å². The number of aliphatic hydroxyl groups is 2. The minimum atomic E-state index is -4.44. The zero-order chi connectivity index (χ0) is 35.7. The number of nitrogens with one attached hydrogen (secondary N) is 1. The van der Waals surface area contributed by atoms with Crippen molar-refractivity contribution in [3.05, 3.63) is 48.8 Å². The van der Waals surface area contributed by atoms with Gasteiger partial charge in [-0.25, -0.2) is 9.55 Å². The molecule has 0 radical (unpaired) electrons. The molecule has 7 atom stereocenters. The molecule has 2 aromatic heterocycles. The molecule has 49 heavy (non-hydrogen) atoms. The molecule has 2 aromatic carbocycles. The number of nitrogens with two attached hydrogens (primary N) is 1. The van der Waals surface area contributed by atoms with E-state index in [1.54, 1.807) is 12.1 Å². The molecule has 0 bridgehead atoms. The molecular weight excluding hydrogens is 655 g/mol. The first-order valence-electron chi connectivity index (χ1n) is 16.0. The minimum absolute atomic E-state index is 0.0985. The summed E-state index contributed by atoms with van der Waals surface area (Å²) in [5.41, 5.74) is 4.12. The Morgan fingerprint density at radius 3 is 2.61 bits per heavy atom. The van der Waals surface area contributed by atoms with Crippen LogP contribution in [0.2, 0.25) is 0 Å². The maximum atomic E-state index is 14.8. The van der Waals surface area contributed by atoms with Gasteiger partial charge in [0.2, 0.25) is 11.8 Å². The van der Waals surface area contributed by atoms with Gasteiger partial charge >= 0.3 is 13.7 Å². The van der Waals surface area contributed by atoms with Gasteiger partial charge in [0, 0.05) is 5.39 Å². The number of hydrogen-bond acceptors (Lipinski definition) is 13. The van der Waals surface area contributed by atoms with E-state index in [1.807, 2.05) is 65.0 Å². The van der Waals surface area contributed by atoms with E-state index in [0.29, 0.717) is 11.8 Å². The Morgan fingerprint density at radius 2 is 1.92 bits per heavy atom. The lowest BCUT2D eigenvalue weighted by atomic mass is 9.96. The van der Waals surface area contributed by atoms with Gasteiger partial charge in [0.15, 0.2) is 17.4 Å². The van der Waals surface area contributed by atoms with Gasteiger partial charge in [-0.15, -0.1) is 0 Å².